The van der Waals surface area contributed by atoms with Crippen molar-refractivity contribution in [2.45, 2.75) is 33.7 Å². The zero-order valence-corrected chi connectivity index (χ0v) is 11.3. The normalized spacial score (nSPS) is 10.5. The predicted molar refractivity (Wildman–Crippen MR) is 68.4 cm³/mol. The first-order valence-corrected chi connectivity index (χ1v) is 6.00. The molecule has 2 amide bonds. The second kappa shape index (κ2) is 6.18. The lowest BCUT2D eigenvalue weighted by Crippen LogP contribution is -2.33. The van der Waals surface area contributed by atoms with Gasteiger partial charge in [0.15, 0.2) is 0 Å². The van der Waals surface area contributed by atoms with Gasteiger partial charge in [-0.2, -0.15) is 5.10 Å². The number of aryl methyl sites for hydroxylation is 1. The van der Waals surface area contributed by atoms with Crippen molar-refractivity contribution >= 4 is 11.8 Å². The molecule has 1 aromatic rings. The van der Waals surface area contributed by atoms with E-state index in [4.69, 9.17) is 0 Å². The summed E-state index contributed by atoms with van der Waals surface area (Å²) < 4.78 is 1.81. The van der Waals surface area contributed by atoms with Crippen molar-refractivity contribution < 1.29 is 9.59 Å². The van der Waals surface area contributed by atoms with Gasteiger partial charge in [0.2, 0.25) is 5.91 Å². The number of aromatic nitrogens is 2. The van der Waals surface area contributed by atoms with Gasteiger partial charge in [0.05, 0.1) is 0 Å². The minimum absolute atomic E-state index is 0.107. The highest BCUT2D eigenvalue weighted by Gasteiger charge is 2.12. The van der Waals surface area contributed by atoms with Crippen LogP contribution >= 0.6 is 0 Å². The smallest absolute Gasteiger partial charge is 0.271 e. The Kier molecular flexibility index (Phi) is 4.88. The molecule has 0 bridgehead atoms. The van der Waals surface area contributed by atoms with E-state index in [1.165, 1.54) is 6.92 Å². The van der Waals surface area contributed by atoms with Gasteiger partial charge in [0, 0.05) is 31.7 Å². The minimum atomic E-state index is -0.220. The van der Waals surface area contributed by atoms with E-state index in [1.807, 2.05) is 25.5 Å². The Labute approximate surface area is 107 Å². The molecule has 2 N–H and O–H groups in total. The zero-order chi connectivity index (χ0) is 13.7. The third kappa shape index (κ3) is 3.87. The largest absolute Gasteiger partial charge is 0.355 e. The van der Waals surface area contributed by atoms with Crippen molar-refractivity contribution in [3.63, 3.8) is 0 Å². The van der Waals surface area contributed by atoms with Gasteiger partial charge in [0.25, 0.3) is 5.91 Å². The van der Waals surface area contributed by atoms with E-state index in [0.29, 0.717) is 18.8 Å². The van der Waals surface area contributed by atoms with Crippen molar-refractivity contribution in [2.24, 2.45) is 0 Å². The van der Waals surface area contributed by atoms with Gasteiger partial charge in [-0.15, -0.1) is 0 Å². The second-order valence-corrected chi connectivity index (χ2v) is 4.45. The standard InChI is InChI=1S/C12H20N4O2/c1-8(2)16-9(3)7-11(15-16)12(18)14-6-5-13-10(4)17/h7-8H,5-6H2,1-4H3,(H,13,17)(H,14,18). The van der Waals surface area contributed by atoms with E-state index in [9.17, 15) is 9.59 Å². The van der Waals surface area contributed by atoms with Crippen LogP contribution in [0.2, 0.25) is 0 Å². The van der Waals surface area contributed by atoms with E-state index < -0.39 is 0 Å². The van der Waals surface area contributed by atoms with E-state index >= 15 is 0 Å². The number of amides is 2. The Morgan fingerprint density at radius 3 is 2.44 bits per heavy atom. The van der Waals surface area contributed by atoms with Gasteiger partial charge in [-0.1, -0.05) is 0 Å². The number of nitrogens with one attached hydrogen (secondary N) is 2. The van der Waals surface area contributed by atoms with Gasteiger partial charge in [-0.3, -0.25) is 14.3 Å². The van der Waals surface area contributed by atoms with Crippen LogP contribution in [0.1, 0.15) is 43.0 Å². The van der Waals surface area contributed by atoms with Gasteiger partial charge in [-0.25, -0.2) is 0 Å². The monoisotopic (exact) mass is 252 g/mol. The fourth-order valence-corrected chi connectivity index (χ4v) is 1.63. The molecule has 1 heterocycles. The summed E-state index contributed by atoms with van der Waals surface area (Å²) >= 11 is 0. The van der Waals surface area contributed by atoms with Crippen molar-refractivity contribution in [2.75, 3.05) is 13.1 Å². The summed E-state index contributed by atoms with van der Waals surface area (Å²) in [7, 11) is 0. The Balaban J connectivity index is 2.52. The molecular formula is C12H20N4O2. The molecule has 1 aromatic heterocycles. The van der Waals surface area contributed by atoms with Crippen LogP contribution in [0.5, 0.6) is 0 Å². The van der Waals surface area contributed by atoms with Gasteiger partial charge in [-0.05, 0) is 26.8 Å². The van der Waals surface area contributed by atoms with Crippen LogP contribution in [0.4, 0.5) is 0 Å². The molecule has 0 aliphatic rings. The zero-order valence-electron chi connectivity index (χ0n) is 11.3. The number of carbonyl (C=O) groups excluding carboxylic acids is 2. The summed E-state index contributed by atoms with van der Waals surface area (Å²) in [4.78, 5) is 22.4. The molecule has 0 aliphatic heterocycles. The van der Waals surface area contributed by atoms with Crippen LogP contribution < -0.4 is 10.6 Å². The SMILES string of the molecule is CC(=O)NCCNC(=O)c1cc(C)n(C(C)C)n1. The Morgan fingerprint density at radius 1 is 1.33 bits per heavy atom. The number of hydrogen-bond donors (Lipinski definition) is 2. The molecule has 6 nitrogen and oxygen atoms in total. The Hall–Kier alpha value is -1.85. The molecule has 0 aromatic carbocycles. The lowest BCUT2D eigenvalue weighted by atomic mass is 10.3. The fourth-order valence-electron chi connectivity index (χ4n) is 1.63. The average molecular weight is 252 g/mol. The first kappa shape index (κ1) is 14.2. The summed E-state index contributed by atoms with van der Waals surface area (Å²) in [5, 5.41) is 9.55. The number of carbonyl (C=O) groups is 2. The lowest BCUT2D eigenvalue weighted by Gasteiger charge is -2.07. The van der Waals surface area contributed by atoms with Crippen LogP contribution in [0.15, 0.2) is 6.07 Å². The maximum Gasteiger partial charge on any atom is 0.271 e. The van der Waals surface area contributed by atoms with E-state index in [-0.39, 0.29) is 17.9 Å². The Bertz CT molecular complexity index is 437. The van der Waals surface area contributed by atoms with Gasteiger partial charge in [0.1, 0.15) is 5.69 Å². The van der Waals surface area contributed by atoms with Crippen molar-refractivity contribution in [3.05, 3.63) is 17.5 Å². The highest BCUT2D eigenvalue weighted by atomic mass is 16.2. The second-order valence-electron chi connectivity index (χ2n) is 4.45. The average Bonchev–Trinajstić information content (AvgIpc) is 2.66. The molecule has 0 atom stereocenters. The summed E-state index contributed by atoms with van der Waals surface area (Å²) in [6.45, 7) is 8.20. The molecule has 0 spiro atoms. The first-order chi connectivity index (χ1) is 8.41. The van der Waals surface area contributed by atoms with Crippen LogP contribution in [-0.2, 0) is 4.79 Å². The van der Waals surface area contributed by atoms with Crippen LogP contribution in [0.3, 0.4) is 0 Å². The molecule has 100 valence electrons. The third-order valence-corrected chi connectivity index (χ3v) is 2.43. The lowest BCUT2D eigenvalue weighted by molar-refractivity contribution is -0.118. The number of rotatable bonds is 5. The number of nitrogens with zero attached hydrogens (tertiary/aromatic N) is 2. The van der Waals surface area contributed by atoms with Crippen LogP contribution in [0, 0.1) is 6.92 Å². The minimum Gasteiger partial charge on any atom is -0.355 e. The summed E-state index contributed by atoms with van der Waals surface area (Å²) in [6.07, 6.45) is 0. The summed E-state index contributed by atoms with van der Waals surface area (Å²) in [6, 6.07) is 1.99. The highest BCUT2D eigenvalue weighted by molar-refractivity contribution is 5.92. The molecule has 18 heavy (non-hydrogen) atoms. The number of hydrogen-bond acceptors (Lipinski definition) is 3. The van der Waals surface area contributed by atoms with Crippen molar-refractivity contribution in [1.29, 1.82) is 0 Å². The molecular weight excluding hydrogens is 232 g/mol. The Morgan fingerprint density at radius 2 is 1.94 bits per heavy atom. The van der Waals surface area contributed by atoms with E-state index in [1.54, 1.807) is 6.07 Å². The van der Waals surface area contributed by atoms with E-state index in [2.05, 4.69) is 15.7 Å². The summed E-state index contributed by atoms with van der Waals surface area (Å²) in [5.41, 5.74) is 1.36. The molecule has 0 aliphatic carbocycles. The van der Waals surface area contributed by atoms with Gasteiger partial charge >= 0.3 is 0 Å². The van der Waals surface area contributed by atoms with Crippen LogP contribution in [-0.4, -0.2) is 34.7 Å². The third-order valence-electron chi connectivity index (χ3n) is 2.43. The first-order valence-electron chi connectivity index (χ1n) is 6.00. The van der Waals surface area contributed by atoms with E-state index in [0.717, 1.165) is 5.69 Å². The maximum atomic E-state index is 11.8. The molecule has 6 heteroatoms. The summed E-state index contributed by atoms with van der Waals surface area (Å²) in [5.74, 6) is -0.327. The topological polar surface area (TPSA) is 76.0 Å². The van der Waals surface area contributed by atoms with Crippen LogP contribution in [0.25, 0.3) is 0 Å². The quantitative estimate of drug-likeness (QED) is 0.755. The maximum absolute atomic E-state index is 11.8. The molecule has 1 rings (SSSR count). The molecule has 0 saturated carbocycles. The van der Waals surface area contributed by atoms with Gasteiger partial charge < -0.3 is 10.6 Å². The van der Waals surface area contributed by atoms with Crippen molar-refractivity contribution in [3.8, 4) is 0 Å². The molecule has 0 saturated heterocycles. The predicted octanol–water partition coefficient (Wildman–Crippen LogP) is 0.638. The molecule has 0 radical (unpaired) electrons. The molecule has 0 unspecified atom stereocenters. The molecule has 0 fully saturated rings. The fraction of sp³-hybridized carbons (Fsp3) is 0.583. The highest BCUT2D eigenvalue weighted by Crippen LogP contribution is 2.09. The van der Waals surface area contributed by atoms with Crippen molar-refractivity contribution in [1.82, 2.24) is 20.4 Å².